The average Bonchev–Trinajstić information content (AvgIpc) is 3.27. The summed E-state index contributed by atoms with van der Waals surface area (Å²) in [6, 6.07) is 18.4. The van der Waals surface area contributed by atoms with Crippen LogP contribution in [-0.4, -0.2) is 43.8 Å². The van der Waals surface area contributed by atoms with Crippen molar-refractivity contribution in [1.29, 1.82) is 0 Å². The van der Waals surface area contributed by atoms with Crippen LogP contribution in [0.2, 0.25) is 0 Å². The Hall–Kier alpha value is -2.81. The van der Waals surface area contributed by atoms with Crippen LogP contribution in [0, 0.1) is 12.8 Å². The predicted octanol–water partition coefficient (Wildman–Crippen LogP) is 5.70. The van der Waals surface area contributed by atoms with E-state index in [2.05, 4.69) is 81.7 Å². The van der Waals surface area contributed by atoms with Gasteiger partial charge in [0.15, 0.2) is 0 Å². The molecule has 0 aliphatic carbocycles. The fourth-order valence-corrected chi connectivity index (χ4v) is 7.03. The van der Waals surface area contributed by atoms with Crippen LogP contribution >= 0.6 is 15.9 Å². The number of fused-ring (bicyclic) bond motifs is 1. The zero-order valence-electron chi connectivity index (χ0n) is 21.4. The van der Waals surface area contributed by atoms with Crippen LogP contribution < -0.4 is 10.6 Å². The first-order valence-corrected chi connectivity index (χ1v) is 15.2. The zero-order valence-corrected chi connectivity index (χ0v) is 23.8. The molecule has 0 saturated carbocycles. The normalized spacial score (nSPS) is 23.6. The number of piperidine rings is 1. The number of aromatic nitrogens is 2. The van der Waals surface area contributed by atoms with Gasteiger partial charge in [-0.15, -0.1) is 0 Å². The highest BCUT2D eigenvalue weighted by molar-refractivity contribution is 9.10. The Balaban J connectivity index is 1.32. The number of anilines is 1. The summed E-state index contributed by atoms with van der Waals surface area (Å²) in [5, 5.41) is 13.7. The van der Waals surface area contributed by atoms with Crippen molar-refractivity contribution in [3.63, 3.8) is 0 Å². The molecule has 2 aliphatic heterocycles. The fourth-order valence-electron chi connectivity index (χ4n) is 5.23. The fraction of sp³-hybridized carbons (Fsp3) is 0.310. The molecule has 2 N–H and O–H groups in total. The summed E-state index contributed by atoms with van der Waals surface area (Å²) >= 11 is 3.66. The molecule has 2 aliphatic rings. The Morgan fingerprint density at radius 1 is 1.24 bits per heavy atom. The molecule has 1 aromatic heterocycles. The number of rotatable bonds is 7. The van der Waals surface area contributed by atoms with Crippen molar-refractivity contribution >= 4 is 49.2 Å². The quantitative estimate of drug-likeness (QED) is 0.352. The summed E-state index contributed by atoms with van der Waals surface area (Å²) in [6.45, 7) is 6.64. The van der Waals surface area contributed by atoms with Crippen LogP contribution in [0.5, 0.6) is 0 Å². The SMILES string of the molecule is C=S(=O)(/C=C/c1ccccc1)N1CCCC(CNC2=CC(C)(c3ccccc3C)Nc3c(Br)cnn32)C1. The van der Waals surface area contributed by atoms with E-state index in [0.29, 0.717) is 5.92 Å². The van der Waals surface area contributed by atoms with Crippen LogP contribution in [0.3, 0.4) is 0 Å². The number of nitrogens with one attached hydrogen (secondary N) is 2. The topological polar surface area (TPSA) is 62.2 Å². The van der Waals surface area contributed by atoms with Crippen molar-refractivity contribution in [2.75, 3.05) is 25.0 Å². The second-order valence-corrected chi connectivity index (χ2v) is 13.1. The standard InChI is InChI=1S/C29H34BrN5OS/c1-22-10-7-8-14-25(22)29(2)18-27(35-28(33-29)26(30)20-32-35)31-19-24-13-9-16-34(21-24)37(3,36)17-15-23-11-5-4-6-12-23/h4-8,10-12,14-15,17-18,20,24,31,33H,3,9,13,16,19,21H2,1-2H3/b17-15+. The molecule has 194 valence electrons. The van der Waals surface area contributed by atoms with Crippen LogP contribution in [0.25, 0.3) is 11.9 Å². The molecule has 0 radical (unpaired) electrons. The molecule has 5 rings (SSSR count). The molecule has 1 saturated heterocycles. The maximum absolute atomic E-state index is 13.5. The molecular weight excluding hydrogens is 546 g/mol. The Labute approximate surface area is 228 Å². The number of nitrogens with zero attached hydrogens (tertiary/aromatic N) is 3. The average molecular weight is 581 g/mol. The summed E-state index contributed by atoms with van der Waals surface area (Å²) in [7, 11) is -2.49. The number of halogens is 1. The van der Waals surface area contributed by atoms with E-state index in [4.69, 9.17) is 0 Å². The summed E-state index contributed by atoms with van der Waals surface area (Å²) in [6.07, 6.45) is 8.03. The Morgan fingerprint density at radius 2 is 2.00 bits per heavy atom. The molecule has 1 fully saturated rings. The largest absolute Gasteiger partial charge is 0.370 e. The van der Waals surface area contributed by atoms with Gasteiger partial charge in [0, 0.05) is 34.8 Å². The third-order valence-electron chi connectivity index (χ3n) is 7.22. The third kappa shape index (κ3) is 5.56. The monoisotopic (exact) mass is 579 g/mol. The van der Waals surface area contributed by atoms with Crippen molar-refractivity contribution in [3.8, 4) is 0 Å². The van der Waals surface area contributed by atoms with Gasteiger partial charge < -0.3 is 10.6 Å². The highest BCUT2D eigenvalue weighted by atomic mass is 79.9. The lowest BCUT2D eigenvalue weighted by Gasteiger charge is -2.37. The van der Waals surface area contributed by atoms with Crippen LogP contribution in [0.1, 0.15) is 36.5 Å². The molecule has 3 heterocycles. The van der Waals surface area contributed by atoms with Gasteiger partial charge in [-0.05, 0) is 83.2 Å². The van der Waals surface area contributed by atoms with Gasteiger partial charge >= 0.3 is 0 Å². The predicted molar refractivity (Wildman–Crippen MR) is 159 cm³/mol. The van der Waals surface area contributed by atoms with E-state index in [1.54, 1.807) is 5.41 Å². The van der Waals surface area contributed by atoms with Gasteiger partial charge in [0.25, 0.3) is 0 Å². The molecule has 0 spiro atoms. The van der Waals surface area contributed by atoms with E-state index >= 15 is 0 Å². The van der Waals surface area contributed by atoms with Crippen molar-refractivity contribution in [2.45, 2.75) is 32.2 Å². The summed E-state index contributed by atoms with van der Waals surface area (Å²) in [5.74, 6) is 6.32. The van der Waals surface area contributed by atoms with E-state index in [0.717, 1.165) is 54.2 Å². The minimum Gasteiger partial charge on any atom is -0.370 e. The van der Waals surface area contributed by atoms with Gasteiger partial charge in [0.05, 0.1) is 16.2 Å². The lowest BCUT2D eigenvalue weighted by Crippen LogP contribution is -2.43. The Kier molecular flexibility index (Phi) is 7.34. The smallest absolute Gasteiger partial charge is 0.146 e. The van der Waals surface area contributed by atoms with Crippen molar-refractivity contribution in [2.24, 2.45) is 5.92 Å². The van der Waals surface area contributed by atoms with Crippen LogP contribution in [-0.2, 0) is 15.2 Å². The number of benzene rings is 2. The summed E-state index contributed by atoms with van der Waals surface area (Å²) < 4.78 is 18.4. The van der Waals surface area contributed by atoms with Gasteiger partial charge in [-0.1, -0.05) is 54.6 Å². The summed E-state index contributed by atoms with van der Waals surface area (Å²) in [5.41, 5.74) is 3.09. The highest BCUT2D eigenvalue weighted by Gasteiger charge is 2.34. The minimum absolute atomic E-state index is 0.351. The number of hydrogen-bond acceptors (Lipinski definition) is 4. The number of aryl methyl sites for hydroxylation is 1. The first kappa shape index (κ1) is 25.8. The van der Waals surface area contributed by atoms with E-state index < -0.39 is 15.2 Å². The lowest BCUT2D eigenvalue weighted by atomic mass is 9.87. The van der Waals surface area contributed by atoms with Crippen LogP contribution in [0.15, 0.2) is 76.8 Å². The van der Waals surface area contributed by atoms with E-state index in [9.17, 15) is 4.21 Å². The van der Waals surface area contributed by atoms with Gasteiger partial charge in [-0.25, -0.2) is 13.2 Å². The summed E-state index contributed by atoms with van der Waals surface area (Å²) in [4.78, 5) is 0. The third-order valence-corrected chi connectivity index (χ3v) is 9.57. The molecule has 0 amide bonds. The molecule has 6 nitrogen and oxygen atoms in total. The Bertz CT molecular complexity index is 1430. The van der Waals surface area contributed by atoms with Gasteiger partial charge in [-0.3, -0.25) is 0 Å². The molecule has 3 atom stereocenters. The maximum Gasteiger partial charge on any atom is 0.146 e. The van der Waals surface area contributed by atoms with E-state index in [-0.39, 0.29) is 0 Å². The molecule has 3 aromatic rings. The van der Waals surface area contributed by atoms with Gasteiger partial charge in [0.1, 0.15) is 11.6 Å². The molecular formula is C29H34BrN5OS. The molecule has 2 aromatic carbocycles. The first-order valence-electron chi connectivity index (χ1n) is 12.7. The van der Waals surface area contributed by atoms with Crippen molar-refractivity contribution in [1.82, 2.24) is 19.4 Å². The lowest BCUT2D eigenvalue weighted by molar-refractivity contribution is 0.275. The van der Waals surface area contributed by atoms with Crippen LogP contribution in [0.4, 0.5) is 5.82 Å². The zero-order chi connectivity index (χ0) is 26.0. The van der Waals surface area contributed by atoms with Gasteiger partial charge in [-0.2, -0.15) is 5.10 Å². The molecule has 0 bridgehead atoms. The Morgan fingerprint density at radius 3 is 2.78 bits per heavy atom. The second kappa shape index (κ2) is 10.5. The second-order valence-electron chi connectivity index (χ2n) is 10.1. The number of hydrogen-bond donors (Lipinski definition) is 2. The van der Waals surface area contributed by atoms with Crippen molar-refractivity contribution in [3.05, 3.63) is 93.4 Å². The van der Waals surface area contributed by atoms with Crippen molar-refractivity contribution < 1.29 is 4.21 Å². The highest BCUT2D eigenvalue weighted by Crippen LogP contribution is 2.38. The van der Waals surface area contributed by atoms with Gasteiger partial charge in [0.2, 0.25) is 0 Å². The maximum atomic E-state index is 13.5. The molecule has 8 heteroatoms. The minimum atomic E-state index is -2.49. The molecule has 3 unspecified atom stereocenters. The van der Waals surface area contributed by atoms with E-state index in [1.807, 2.05) is 51.6 Å². The van der Waals surface area contributed by atoms with E-state index in [1.165, 1.54) is 11.1 Å². The molecule has 37 heavy (non-hydrogen) atoms. The first-order chi connectivity index (χ1) is 17.7.